The molecule has 0 radical (unpaired) electrons. The molecule has 1 amide bonds. The lowest BCUT2D eigenvalue weighted by atomic mass is 9.99. The molecule has 126 valence electrons. The van der Waals surface area contributed by atoms with Gasteiger partial charge in [0.05, 0.1) is 6.54 Å². The first-order valence-electron chi connectivity index (χ1n) is 8.81. The fourth-order valence-corrected chi connectivity index (χ4v) is 3.52. The van der Waals surface area contributed by atoms with Gasteiger partial charge >= 0.3 is 0 Å². The van der Waals surface area contributed by atoms with E-state index in [1.165, 1.54) is 22.4 Å². The van der Waals surface area contributed by atoms with Crippen molar-refractivity contribution in [2.45, 2.75) is 40.0 Å². The van der Waals surface area contributed by atoms with Gasteiger partial charge in [-0.15, -0.1) is 0 Å². The maximum atomic E-state index is 12.6. The van der Waals surface area contributed by atoms with Crippen molar-refractivity contribution < 1.29 is 4.79 Å². The first kappa shape index (κ1) is 16.6. The fourth-order valence-electron chi connectivity index (χ4n) is 3.52. The molecule has 0 saturated carbocycles. The van der Waals surface area contributed by atoms with Gasteiger partial charge in [-0.2, -0.15) is 0 Å². The number of benzene rings is 2. The lowest BCUT2D eigenvalue weighted by molar-refractivity contribution is -0.115. The van der Waals surface area contributed by atoms with Crippen molar-refractivity contribution in [1.82, 2.24) is 0 Å². The number of carbonyl (C=O) groups excluding carboxylic acids is 1. The van der Waals surface area contributed by atoms with Gasteiger partial charge in [0.2, 0.25) is 5.91 Å². The standard InChI is InChI=1S/C21H26N2O/c1-4-17-8-5-7-16(3)21(17)22-20(24)14-23-12-6-9-18-13-15(2)10-11-19(18)23/h5,7-8,10-11,13H,4,6,9,12,14H2,1-3H3,(H,22,24). The Morgan fingerprint density at radius 3 is 2.83 bits per heavy atom. The summed E-state index contributed by atoms with van der Waals surface area (Å²) in [6.07, 6.45) is 3.13. The highest BCUT2D eigenvalue weighted by Crippen LogP contribution is 2.28. The number of amides is 1. The van der Waals surface area contributed by atoms with Gasteiger partial charge in [-0.1, -0.05) is 42.8 Å². The van der Waals surface area contributed by atoms with E-state index in [1.807, 2.05) is 19.1 Å². The van der Waals surface area contributed by atoms with Crippen molar-refractivity contribution in [3.63, 3.8) is 0 Å². The molecule has 0 aliphatic carbocycles. The molecule has 0 spiro atoms. The summed E-state index contributed by atoms with van der Waals surface area (Å²) in [7, 11) is 0. The van der Waals surface area contributed by atoms with Gasteiger partial charge in [0.25, 0.3) is 0 Å². The summed E-state index contributed by atoms with van der Waals surface area (Å²) in [6.45, 7) is 7.64. The molecule has 0 saturated heterocycles. The maximum Gasteiger partial charge on any atom is 0.243 e. The number of anilines is 2. The van der Waals surface area contributed by atoms with Crippen LogP contribution in [-0.4, -0.2) is 19.0 Å². The van der Waals surface area contributed by atoms with Crippen molar-refractivity contribution in [1.29, 1.82) is 0 Å². The number of hydrogen-bond donors (Lipinski definition) is 1. The van der Waals surface area contributed by atoms with Gasteiger partial charge in [0.1, 0.15) is 0 Å². The van der Waals surface area contributed by atoms with Crippen LogP contribution in [0.1, 0.15) is 35.6 Å². The lowest BCUT2D eigenvalue weighted by Crippen LogP contribution is -2.37. The van der Waals surface area contributed by atoms with E-state index in [0.717, 1.165) is 37.1 Å². The Labute approximate surface area is 144 Å². The molecular weight excluding hydrogens is 296 g/mol. The average Bonchev–Trinajstić information content (AvgIpc) is 2.56. The Morgan fingerprint density at radius 2 is 2.04 bits per heavy atom. The third kappa shape index (κ3) is 3.45. The summed E-state index contributed by atoms with van der Waals surface area (Å²) in [5.41, 5.74) is 7.15. The summed E-state index contributed by atoms with van der Waals surface area (Å²) in [6, 6.07) is 12.7. The molecule has 3 heteroatoms. The summed E-state index contributed by atoms with van der Waals surface area (Å²) in [5, 5.41) is 3.14. The van der Waals surface area contributed by atoms with Gasteiger partial charge in [0, 0.05) is 17.9 Å². The monoisotopic (exact) mass is 322 g/mol. The molecule has 0 atom stereocenters. The van der Waals surface area contributed by atoms with Crippen LogP contribution < -0.4 is 10.2 Å². The van der Waals surface area contributed by atoms with E-state index in [-0.39, 0.29) is 5.91 Å². The molecule has 0 bridgehead atoms. The first-order valence-corrected chi connectivity index (χ1v) is 8.81. The fraction of sp³-hybridized carbons (Fsp3) is 0.381. The highest BCUT2D eigenvalue weighted by Gasteiger charge is 2.19. The first-order chi connectivity index (χ1) is 11.6. The van der Waals surface area contributed by atoms with Crippen LogP contribution in [0.2, 0.25) is 0 Å². The molecule has 3 rings (SSSR count). The number of aryl methyl sites for hydroxylation is 4. The molecule has 0 aromatic heterocycles. The highest BCUT2D eigenvalue weighted by molar-refractivity contribution is 5.95. The van der Waals surface area contributed by atoms with Gasteiger partial charge in [-0.25, -0.2) is 0 Å². The summed E-state index contributed by atoms with van der Waals surface area (Å²) >= 11 is 0. The van der Waals surface area contributed by atoms with Crippen molar-refractivity contribution in [3.8, 4) is 0 Å². The molecule has 3 nitrogen and oxygen atoms in total. The minimum atomic E-state index is 0.0624. The number of nitrogens with zero attached hydrogens (tertiary/aromatic N) is 1. The zero-order valence-electron chi connectivity index (χ0n) is 14.9. The van der Waals surface area contributed by atoms with Crippen molar-refractivity contribution in [3.05, 3.63) is 58.7 Å². The van der Waals surface area contributed by atoms with Crippen LogP contribution >= 0.6 is 0 Å². The molecular formula is C21H26N2O. The second kappa shape index (κ2) is 7.08. The zero-order valence-corrected chi connectivity index (χ0v) is 14.9. The van der Waals surface area contributed by atoms with Gasteiger partial charge in [-0.05, 0) is 55.9 Å². The maximum absolute atomic E-state index is 12.6. The topological polar surface area (TPSA) is 32.3 Å². The van der Waals surface area contributed by atoms with Crippen LogP contribution in [0.3, 0.4) is 0 Å². The van der Waals surface area contributed by atoms with Gasteiger partial charge < -0.3 is 10.2 Å². The van der Waals surface area contributed by atoms with Crippen molar-refractivity contribution in [2.24, 2.45) is 0 Å². The number of rotatable bonds is 4. The lowest BCUT2D eigenvalue weighted by Gasteiger charge is -2.31. The van der Waals surface area contributed by atoms with Crippen LogP contribution in [-0.2, 0) is 17.6 Å². The van der Waals surface area contributed by atoms with E-state index in [4.69, 9.17) is 0 Å². The highest BCUT2D eigenvalue weighted by atomic mass is 16.2. The van der Waals surface area contributed by atoms with E-state index >= 15 is 0 Å². The number of para-hydroxylation sites is 1. The predicted octanol–water partition coefficient (Wildman–Crippen LogP) is 4.26. The SMILES string of the molecule is CCc1cccc(C)c1NC(=O)CN1CCCc2cc(C)ccc21. The van der Waals surface area contributed by atoms with Crippen LogP contribution in [0, 0.1) is 13.8 Å². The van der Waals surface area contributed by atoms with Crippen molar-refractivity contribution in [2.75, 3.05) is 23.3 Å². The van der Waals surface area contributed by atoms with Crippen LogP contribution in [0.15, 0.2) is 36.4 Å². The summed E-state index contributed by atoms with van der Waals surface area (Å²) < 4.78 is 0. The van der Waals surface area contributed by atoms with E-state index < -0.39 is 0 Å². The number of nitrogens with one attached hydrogen (secondary N) is 1. The smallest absolute Gasteiger partial charge is 0.243 e. The Kier molecular flexibility index (Phi) is 4.89. The van der Waals surface area contributed by atoms with Crippen LogP contribution in [0.5, 0.6) is 0 Å². The van der Waals surface area contributed by atoms with E-state index in [2.05, 4.69) is 48.3 Å². The van der Waals surface area contributed by atoms with Gasteiger partial charge in [-0.3, -0.25) is 4.79 Å². The van der Waals surface area contributed by atoms with Crippen LogP contribution in [0.4, 0.5) is 11.4 Å². The molecule has 24 heavy (non-hydrogen) atoms. The number of fused-ring (bicyclic) bond motifs is 1. The normalized spacial score (nSPS) is 13.5. The third-order valence-corrected chi connectivity index (χ3v) is 4.79. The Hall–Kier alpha value is -2.29. The number of hydrogen-bond acceptors (Lipinski definition) is 2. The second-order valence-electron chi connectivity index (χ2n) is 6.67. The van der Waals surface area contributed by atoms with Crippen LogP contribution in [0.25, 0.3) is 0 Å². The molecule has 1 N–H and O–H groups in total. The van der Waals surface area contributed by atoms with Crippen molar-refractivity contribution >= 4 is 17.3 Å². The largest absolute Gasteiger partial charge is 0.362 e. The Balaban J connectivity index is 1.75. The average molecular weight is 322 g/mol. The Morgan fingerprint density at radius 1 is 1.21 bits per heavy atom. The molecule has 0 fully saturated rings. The molecule has 0 unspecified atom stereocenters. The quantitative estimate of drug-likeness (QED) is 0.912. The summed E-state index contributed by atoms with van der Waals surface area (Å²) in [5.74, 6) is 0.0624. The molecule has 2 aromatic rings. The minimum absolute atomic E-state index is 0.0624. The second-order valence-corrected chi connectivity index (χ2v) is 6.67. The predicted molar refractivity (Wildman–Crippen MR) is 101 cm³/mol. The number of carbonyl (C=O) groups is 1. The molecule has 2 aromatic carbocycles. The molecule has 1 aliphatic heterocycles. The van der Waals surface area contributed by atoms with E-state index in [9.17, 15) is 4.79 Å². The Bertz CT molecular complexity index is 751. The molecule has 1 aliphatic rings. The zero-order chi connectivity index (χ0) is 17.1. The van der Waals surface area contributed by atoms with E-state index in [1.54, 1.807) is 0 Å². The van der Waals surface area contributed by atoms with Gasteiger partial charge in [0.15, 0.2) is 0 Å². The third-order valence-electron chi connectivity index (χ3n) is 4.79. The van der Waals surface area contributed by atoms with E-state index in [0.29, 0.717) is 6.54 Å². The molecule has 1 heterocycles. The minimum Gasteiger partial charge on any atom is -0.362 e. The summed E-state index contributed by atoms with van der Waals surface area (Å²) in [4.78, 5) is 14.8.